The highest BCUT2D eigenvalue weighted by Crippen LogP contribution is 2.34. The Hall–Kier alpha value is -0.0300. The van der Waals surface area contributed by atoms with Gasteiger partial charge in [-0.3, -0.25) is 4.79 Å². The lowest BCUT2D eigenvalue weighted by molar-refractivity contribution is -0.138. The lowest BCUT2D eigenvalue weighted by atomic mass is 9.74. The van der Waals surface area contributed by atoms with Gasteiger partial charge in [-0.15, -0.1) is 24.8 Å². The van der Waals surface area contributed by atoms with Gasteiger partial charge < -0.3 is 15.5 Å². The summed E-state index contributed by atoms with van der Waals surface area (Å²) in [7, 11) is 0. The summed E-state index contributed by atoms with van der Waals surface area (Å²) < 4.78 is 0. The zero-order chi connectivity index (χ0) is 15.6. The molecule has 0 bridgehead atoms. The molecule has 0 spiro atoms. The monoisotopic (exact) mass is 379 g/mol. The fourth-order valence-electron chi connectivity index (χ4n) is 4.67. The summed E-state index contributed by atoms with van der Waals surface area (Å²) >= 11 is 0. The van der Waals surface area contributed by atoms with Gasteiger partial charge in [0.2, 0.25) is 5.91 Å². The lowest BCUT2D eigenvalue weighted by Gasteiger charge is -2.39. The maximum atomic E-state index is 12.9. The molecule has 2 N–H and O–H groups in total. The molecular weight excluding hydrogens is 345 g/mol. The number of halogens is 2. The van der Waals surface area contributed by atoms with Crippen molar-refractivity contribution in [2.75, 3.05) is 32.7 Å². The van der Waals surface area contributed by atoms with E-state index in [1.807, 2.05) is 0 Å². The second kappa shape index (κ2) is 9.61. The molecule has 2 aliphatic heterocycles. The molecule has 6 heteroatoms. The van der Waals surface area contributed by atoms with Gasteiger partial charge in [0.25, 0.3) is 0 Å². The molecule has 3 aliphatic rings. The number of amides is 1. The third-order valence-electron chi connectivity index (χ3n) is 6.11. The van der Waals surface area contributed by atoms with Crippen LogP contribution in [0.2, 0.25) is 0 Å². The average Bonchev–Trinajstić information content (AvgIpc) is 2.96. The molecule has 0 aromatic rings. The van der Waals surface area contributed by atoms with E-state index >= 15 is 0 Å². The Bertz CT molecular complexity index is 400. The first-order valence-electron chi connectivity index (χ1n) is 9.36. The van der Waals surface area contributed by atoms with E-state index < -0.39 is 0 Å². The molecule has 3 atom stereocenters. The Morgan fingerprint density at radius 1 is 1.04 bits per heavy atom. The number of hydrogen-bond donors (Lipinski definition) is 1. The normalized spacial score (nSPS) is 34.3. The van der Waals surface area contributed by atoms with Crippen LogP contribution in [-0.4, -0.2) is 54.0 Å². The van der Waals surface area contributed by atoms with Crippen molar-refractivity contribution < 1.29 is 4.79 Å². The van der Waals surface area contributed by atoms with Crippen molar-refractivity contribution in [3.8, 4) is 0 Å². The van der Waals surface area contributed by atoms with Crippen molar-refractivity contribution in [1.29, 1.82) is 0 Å². The second-order valence-corrected chi connectivity index (χ2v) is 8.10. The van der Waals surface area contributed by atoms with Gasteiger partial charge >= 0.3 is 0 Å². The first-order valence-corrected chi connectivity index (χ1v) is 9.36. The Labute approximate surface area is 159 Å². The van der Waals surface area contributed by atoms with Crippen molar-refractivity contribution in [2.45, 2.75) is 63.8 Å². The van der Waals surface area contributed by atoms with Gasteiger partial charge in [0.05, 0.1) is 5.92 Å². The van der Waals surface area contributed by atoms with E-state index in [1.54, 1.807) is 0 Å². The molecule has 1 aliphatic carbocycles. The number of nitrogens with zero attached hydrogens (tertiary/aromatic N) is 2. The fourth-order valence-corrected chi connectivity index (χ4v) is 4.67. The number of rotatable bonds is 3. The Kier molecular flexibility index (Phi) is 8.81. The zero-order valence-electron chi connectivity index (χ0n) is 15.0. The van der Waals surface area contributed by atoms with E-state index in [4.69, 9.17) is 5.73 Å². The molecule has 3 fully saturated rings. The van der Waals surface area contributed by atoms with Gasteiger partial charge in [0.1, 0.15) is 0 Å². The van der Waals surface area contributed by atoms with Crippen LogP contribution in [0.3, 0.4) is 0 Å². The Morgan fingerprint density at radius 2 is 1.75 bits per heavy atom. The van der Waals surface area contributed by atoms with Gasteiger partial charge in [-0.05, 0) is 58.0 Å². The first kappa shape index (κ1) is 22.0. The number of hydrogen-bond acceptors (Lipinski definition) is 3. The quantitative estimate of drug-likeness (QED) is 0.819. The third-order valence-corrected chi connectivity index (χ3v) is 6.11. The molecule has 1 saturated carbocycles. The fraction of sp³-hybridized carbons (Fsp3) is 0.944. The maximum absolute atomic E-state index is 12.9. The highest BCUT2D eigenvalue weighted by atomic mass is 35.5. The van der Waals surface area contributed by atoms with Crippen LogP contribution in [0.5, 0.6) is 0 Å². The van der Waals surface area contributed by atoms with Crippen LogP contribution < -0.4 is 5.73 Å². The summed E-state index contributed by atoms with van der Waals surface area (Å²) in [6, 6.07) is 0. The summed E-state index contributed by atoms with van der Waals surface area (Å²) in [6.45, 7) is 7.69. The third kappa shape index (κ3) is 5.23. The van der Waals surface area contributed by atoms with E-state index in [1.165, 1.54) is 51.7 Å². The van der Waals surface area contributed by atoms with Gasteiger partial charge in [-0.2, -0.15) is 0 Å². The van der Waals surface area contributed by atoms with Crippen LogP contribution in [0.25, 0.3) is 0 Å². The average molecular weight is 380 g/mol. The van der Waals surface area contributed by atoms with Crippen molar-refractivity contribution in [3.05, 3.63) is 0 Å². The molecule has 3 unspecified atom stereocenters. The number of carbonyl (C=O) groups is 1. The molecule has 0 aromatic carbocycles. The number of likely N-dealkylation sites (tertiary alicyclic amines) is 2. The smallest absolute Gasteiger partial charge is 0.227 e. The summed E-state index contributed by atoms with van der Waals surface area (Å²) in [4.78, 5) is 17.6. The van der Waals surface area contributed by atoms with E-state index in [2.05, 4.69) is 16.7 Å². The lowest BCUT2D eigenvalue weighted by Crippen LogP contribution is -2.53. The predicted octanol–water partition coefficient (Wildman–Crippen LogP) is 3.07. The summed E-state index contributed by atoms with van der Waals surface area (Å²) in [5.74, 6) is 1.07. The van der Waals surface area contributed by atoms with Gasteiger partial charge in [0, 0.05) is 25.2 Å². The van der Waals surface area contributed by atoms with Gasteiger partial charge in [-0.25, -0.2) is 0 Å². The molecule has 3 rings (SSSR count). The van der Waals surface area contributed by atoms with Crippen LogP contribution in [-0.2, 0) is 4.79 Å². The van der Waals surface area contributed by atoms with Crippen LogP contribution in [0.4, 0.5) is 0 Å². The summed E-state index contributed by atoms with van der Waals surface area (Å²) in [5.41, 5.74) is 6.13. The van der Waals surface area contributed by atoms with E-state index in [0.717, 1.165) is 32.4 Å². The van der Waals surface area contributed by atoms with Crippen molar-refractivity contribution >= 4 is 30.7 Å². The molecule has 2 heterocycles. The molecule has 0 radical (unpaired) electrons. The molecule has 142 valence electrons. The Balaban J connectivity index is 0.00000144. The highest BCUT2D eigenvalue weighted by molar-refractivity contribution is 5.85. The SMILES string of the molecule is CC1(N)CCCCC1C(=O)N1CCC(CN2CCCCC2)C1.Cl.Cl. The molecule has 0 aromatic heterocycles. The van der Waals surface area contributed by atoms with E-state index in [0.29, 0.717) is 11.8 Å². The van der Waals surface area contributed by atoms with Crippen LogP contribution in [0.1, 0.15) is 58.3 Å². The second-order valence-electron chi connectivity index (χ2n) is 8.10. The number of carbonyl (C=O) groups excluding carboxylic acids is 1. The van der Waals surface area contributed by atoms with Crippen molar-refractivity contribution in [2.24, 2.45) is 17.6 Å². The van der Waals surface area contributed by atoms with Crippen LogP contribution in [0.15, 0.2) is 0 Å². The molecular formula is C18H35Cl2N3O. The predicted molar refractivity (Wildman–Crippen MR) is 104 cm³/mol. The van der Waals surface area contributed by atoms with Crippen LogP contribution >= 0.6 is 24.8 Å². The summed E-state index contributed by atoms with van der Waals surface area (Å²) in [6.07, 6.45) is 9.58. The minimum absolute atomic E-state index is 0. The standard InChI is InChI=1S/C18H33N3O.2ClH/c1-18(19)9-4-3-7-16(18)17(22)21-12-8-15(14-21)13-20-10-5-2-6-11-20;;/h15-16H,2-14,19H2,1H3;2*1H. The summed E-state index contributed by atoms with van der Waals surface area (Å²) in [5, 5.41) is 0. The minimum atomic E-state index is -0.291. The number of piperidine rings is 1. The minimum Gasteiger partial charge on any atom is -0.342 e. The zero-order valence-corrected chi connectivity index (χ0v) is 16.7. The molecule has 1 amide bonds. The molecule has 4 nitrogen and oxygen atoms in total. The largest absolute Gasteiger partial charge is 0.342 e. The van der Waals surface area contributed by atoms with Crippen molar-refractivity contribution in [3.63, 3.8) is 0 Å². The van der Waals surface area contributed by atoms with Crippen molar-refractivity contribution in [1.82, 2.24) is 9.80 Å². The van der Waals surface area contributed by atoms with Crippen LogP contribution in [0, 0.1) is 11.8 Å². The topological polar surface area (TPSA) is 49.6 Å². The van der Waals surface area contributed by atoms with Gasteiger partial charge in [-0.1, -0.05) is 19.3 Å². The Morgan fingerprint density at radius 3 is 2.42 bits per heavy atom. The number of nitrogens with two attached hydrogens (primary N) is 1. The van der Waals surface area contributed by atoms with Gasteiger partial charge in [0.15, 0.2) is 0 Å². The highest BCUT2D eigenvalue weighted by Gasteiger charge is 2.41. The van der Waals surface area contributed by atoms with E-state index in [-0.39, 0.29) is 36.3 Å². The molecule has 2 saturated heterocycles. The molecule has 24 heavy (non-hydrogen) atoms. The first-order chi connectivity index (χ1) is 10.6. The maximum Gasteiger partial charge on any atom is 0.227 e. The van der Waals surface area contributed by atoms with E-state index in [9.17, 15) is 4.79 Å².